The van der Waals surface area contributed by atoms with Crippen LogP contribution in [-0.4, -0.2) is 17.3 Å². The van der Waals surface area contributed by atoms with Gasteiger partial charge in [-0.25, -0.2) is 0 Å². The molecule has 112 valence electrons. The maximum atomic E-state index is 12.4. The molecule has 0 aliphatic heterocycles. The molecule has 0 spiro atoms. The lowest BCUT2D eigenvalue weighted by Gasteiger charge is -2.37. The summed E-state index contributed by atoms with van der Waals surface area (Å²) in [6.45, 7) is 11.9. The van der Waals surface area contributed by atoms with Crippen LogP contribution in [0.15, 0.2) is 0 Å². The number of rotatable bonds is 4. The number of carbonyl (C=O) groups is 1. The van der Waals surface area contributed by atoms with Crippen LogP contribution in [0.5, 0.6) is 0 Å². The van der Waals surface area contributed by atoms with Gasteiger partial charge in [0.2, 0.25) is 5.91 Å². The lowest BCUT2D eigenvalue weighted by molar-refractivity contribution is -0.130. The van der Waals surface area contributed by atoms with Gasteiger partial charge in [-0.05, 0) is 30.1 Å². The molecule has 0 aromatic carbocycles. The summed E-state index contributed by atoms with van der Waals surface area (Å²) < 4.78 is 0. The number of halogens is 1. The highest BCUT2D eigenvalue weighted by molar-refractivity contribution is 9.09. The van der Waals surface area contributed by atoms with Crippen LogP contribution >= 0.6 is 15.9 Å². The standard InChI is InChI=1S/C16H30BrNO/c1-15(2,3)10-12(17)11-18-14(19)13-8-6-7-9-16(13,4)5/h12-13H,6-11H2,1-5H3,(H,18,19). The first-order valence-electron chi connectivity index (χ1n) is 7.54. The first-order chi connectivity index (χ1) is 8.62. The Hall–Kier alpha value is -0.0500. The molecule has 0 aromatic rings. The SMILES string of the molecule is CC(C)(C)CC(Br)CNC(=O)C1CCCCC1(C)C. The largest absolute Gasteiger partial charge is 0.355 e. The van der Waals surface area contributed by atoms with Gasteiger partial charge in [0.05, 0.1) is 0 Å². The van der Waals surface area contributed by atoms with E-state index < -0.39 is 0 Å². The zero-order chi connectivity index (χ0) is 14.7. The van der Waals surface area contributed by atoms with E-state index in [1.54, 1.807) is 0 Å². The van der Waals surface area contributed by atoms with Crippen molar-refractivity contribution in [1.82, 2.24) is 5.32 Å². The average molecular weight is 332 g/mol. The molecule has 1 saturated carbocycles. The molecule has 0 radical (unpaired) electrons. The molecule has 1 aliphatic rings. The van der Waals surface area contributed by atoms with E-state index in [-0.39, 0.29) is 17.2 Å². The van der Waals surface area contributed by atoms with E-state index in [9.17, 15) is 4.79 Å². The van der Waals surface area contributed by atoms with Gasteiger partial charge < -0.3 is 5.32 Å². The van der Waals surface area contributed by atoms with Gasteiger partial charge in [0, 0.05) is 17.3 Å². The minimum Gasteiger partial charge on any atom is -0.355 e. The fourth-order valence-electron chi connectivity index (χ4n) is 3.05. The third-order valence-corrected chi connectivity index (χ3v) is 4.80. The first-order valence-corrected chi connectivity index (χ1v) is 8.45. The summed E-state index contributed by atoms with van der Waals surface area (Å²) in [4.78, 5) is 12.7. The second kappa shape index (κ2) is 6.60. The molecule has 0 bridgehead atoms. The van der Waals surface area contributed by atoms with Crippen LogP contribution in [0.2, 0.25) is 0 Å². The third kappa shape index (κ3) is 5.85. The summed E-state index contributed by atoms with van der Waals surface area (Å²) in [5.41, 5.74) is 0.456. The predicted octanol–water partition coefficient (Wildman–Crippen LogP) is 4.52. The van der Waals surface area contributed by atoms with E-state index >= 15 is 0 Å². The van der Waals surface area contributed by atoms with Crippen LogP contribution in [0.4, 0.5) is 0 Å². The zero-order valence-corrected chi connectivity index (χ0v) is 14.8. The second-order valence-corrected chi connectivity index (χ2v) is 9.19. The summed E-state index contributed by atoms with van der Waals surface area (Å²) in [6.07, 6.45) is 5.75. The number of hydrogen-bond donors (Lipinski definition) is 1. The van der Waals surface area contributed by atoms with Crippen molar-refractivity contribution in [2.75, 3.05) is 6.54 Å². The van der Waals surface area contributed by atoms with Gasteiger partial charge in [-0.1, -0.05) is 63.4 Å². The maximum absolute atomic E-state index is 12.4. The van der Waals surface area contributed by atoms with Crippen LogP contribution in [0.25, 0.3) is 0 Å². The maximum Gasteiger partial charge on any atom is 0.223 e. The fourth-order valence-corrected chi connectivity index (χ4v) is 4.18. The molecule has 1 amide bonds. The minimum atomic E-state index is 0.161. The summed E-state index contributed by atoms with van der Waals surface area (Å²) in [6, 6.07) is 0. The number of amides is 1. The van der Waals surface area contributed by atoms with E-state index in [2.05, 4.69) is 55.9 Å². The number of hydrogen-bond acceptors (Lipinski definition) is 1. The summed E-state index contributed by atoms with van der Waals surface area (Å²) in [7, 11) is 0. The van der Waals surface area contributed by atoms with Gasteiger partial charge >= 0.3 is 0 Å². The smallest absolute Gasteiger partial charge is 0.223 e. The minimum absolute atomic E-state index is 0.161. The monoisotopic (exact) mass is 331 g/mol. The average Bonchev–Trinajstić information content (AvgIpc) is 2.23. The summed E-state index contributed by atoms with van der Waals surface area (Å²) in [5, 5.41) is 3.14. The summed E-state index contributed by atoms with van der Waals surface area (Å²) in [5.74, 6) is 0.443. The fraction of sp³-hybridized carbons (Fsp3) is 0.938. The first kappa shape index (κ1) is 17.0. The van der Waals surface area contributed by atoms with E-state index in [1.165, 1.54) is 19.3 Å². The normalized spacial score (nSPS) is 24.8. The highest BCUT2D eigenvalue weighted by Crippen LogP contribution is 2.40. The molecule has 2 unspecified atom stereocenters. The predicted molar refractivity (Wildman–Crippen MR) is 85.5 cm³/mol. The Bertz CT molecular complexity index is 306. The van der Waals surface area contributed by atoms with E-state index in [0.29, 0.717) is 10.2 Å². The topological polar surface area (TPSA) is 29.1 Å². The number of carbonyl (C=O) groups excluding carboxylic acids is 1. The van der Waals surface area contributed by atoms with Gasteiger partial charge in [-0.15, -0.1) is 0 Å². The molecule has 2 atom stereocenters. The molecule has 0 heterocycles. The highest BCUT2D eigenvalue weighted by Gasteiger charge is 2.37. The molecule has 1 aliphatic carbocycles. The van der Waals surface area contributed by atoms with Gasteiger partial charge in [0.1, 0.15) is 0 Å². The van der Waals surface area contributed by atoms with E-state index in [0.717, 1.165) is 19.4 Å². The van der Waals surface area contributed by atoms with Crippen molar-refractivity contribution in [3.05, 3.63) is 0 Å². The van der Waals surface area contributed by atoms with E-state index in [4.69, 9.17) is 0 Å². The Labute approximate surface area is 127 Å². The number of nitrogens with one attached hydrogen (secondary N) is 1. The van der Waals surface area contributed by atoms with Crippen molar-refractivity contribution in [3.63, 3.8) is 0 Å². The molecule has 3 heteroatoms. The molecule has 1 fully saturated rings. The Morgan fingerprint density at radius 2 is 2.00 bits per heavy atom. The molecule has 0 saturated heterocycles. The van der Waals surface area contributed by atoms with Crippen LogP contribution in [0.3, 0.4) is 0 Å². The van der Waals surface area contributed by atoms with Gasteiger partial charge in [-0.3, -0.25) is 4.79 Å². The third-order valence-electron chi connectivity index (χ3n) is 4.16. The van der Waals surface area contributed by atoms with Gasteiger partial charge in [0.25, 0.3) is 0 Å². The van der Waals surface area contributed by atoms with Crippen molar-refractivity contribution in [2.45, 2.75) is 71.5 Å². The quantitative estimate of drug-likeness (QED) is 0.754. The Morgan fingerprint density at radius 1 is 1.37 bits per heavy atom. The highest BCUT2D eigenvalue weighted by atomic mass is 79.9. The second-order valence-electron chi connectivity index (χ2n) is 7.89. The van der Waals surface area contributed by atoms with Crippen LogP contribution in [0.1, 0.15) is 66.7 Å². The lowest BCUT2D eigenvalue weighted by atomic mass is 9.68. The Morgan fingerprint density at radius 3 is 2.53 bits per heavy atom. The lowest BCUT2D eigenvalue weighted by Crippen LogP contribution is -2.43. The van der Waals surface area contributed by atoms with Crippen molar-refractivity contribution in [3.8, 4) is 0 Å². The molecule has 19 heavy (non-hydrogen) atoms. The molecule has 1 N–H and O–H groups in total. The van der Waals surface area contributed by atoms with Crippen LogP contribution in [-0.2, 0) is 4.79 Å². The zero-order valence-electron chi connectivity index (χ0n) is 13.2. The molecular weight excluding hydrogens is 302 g/mol. The Kier molecular flexibility index (Phi) is 5.91. The van der Waals surface area contributed by atoms with Crippen molar-refractivity contribution in [1.29, 1.82) is 0 Å². The molecule has 1 rings (SSSR count). The van der Waals surface area contributed by atoms with Crippen LogP contribution < -0.4 is 5.32 Å². The molecule has 0 aromatic heterocycles. The summed E-state index contributed by atoms with van der Waals surface area (Å²) >= 11 is 3.68. The van der Waals surface area contributed by atoms with Crippen molar-refractivity contribution < 1.29 is 4.79 Å². The van der Waals surface area contributed by atoms with Crippen molar-refractivity contribution in [2.24, 2.45) is 16.7 Å². The van der Waals surface area contributed by atoms with Crippen LogP contribution in [0, 0.1) is 16.7 Å². The number of alkyl halides is 1. The van der Waals surface area contributed by atoms with Gasteiger partial charge in [-0.2, -0.15) is 0 Å². The Balaban J connectivity index is 2.42. The molecular formula is C16H30BrNO. The van der Waals surface area contributed by atoms with E-state index in [1.807, 2.05) is 0 Å². The van der Waals surface area contributed by atoms with Gasteiger partial charge in [0.15, 0.2) is 0 Å². The molecule has 2 nitrogen and oxygen atoms in total. The van der Waals surface area contributed by atoms with Crippen molar-refractivity contribution >= 4 is 21.8 Å².